The summed E-state index contributed by atoms with van der Waals surface area (Å²) >= 11 is 0. The number of rotatable bonds is 7. The molecule has 0 fully saturated rings. The van der Waals surface area contributed by atoms with E-state index >= 15 is 0 Å². The van der Waals surface area contributed by atoms with E-state index in [-0.39, 0.29) is 0 Å². The molecule has 0 aliphatic carbocycles. The molecule has 2 N–H and O–H groups in total. The minimum Gasteiger partial charge on any atom is -0.383 e. The number of methoxy groups -OCH3 is 1. The molecular weight excluding hydrogens is 326 g/mol. The number of nitriles is 1. The monoisotopic (exact) mass is 345 g/mol. The molecule has 0 saturated carbocycles. The van der Waals surface area contributed by atoms with Crippen LogP contribution in [0, 0.1) is 11.3 Å². The summed E-state index contributed by atoms with van der Waals surface area (Å²) in [5, 5.41) is 15.5. The third kappa shape index (κ3) is 4.56. The molecule has 1 heterocycles. The first-order valence-electron chi connectivity index (χ1n) is 8.23. The number of hydrogen-bond donors (Lipinski definition) is 2. The lowest BCUT2D eigenvalue weighted by molar-refractivity contribution is 0.210. The molecule has 0 radical (unpaired) electrons. The van der Waals surface area contributed by atoms with Crippen molar-refractivity contribution in [3.63, 3.8) is 0 Å². The Labute approximate surface area is 152 Å². The standard InChI is InChI=1S/C20H19N5O/c1-26-11-10-22-20-24-18(16-7-3-2-4-8-16)13-19(25-20)23-17-9-5-6-15(12-17)14-21/h2-9,12-13H,10-11H2,1H3,(H2,22,23,24,25). The Bertz CT molecular complexity index is 906. The molecule has 0 aliphatic rings. The molecule has 3 aromatic rings. The highest BCUT2D eigenvalue weighted by atomic mass is 16.5. The number of nitrogens with one attached hydrogen (secondary N) is 2. The zero-order chi connectivity index (χ0) is 18.2. The average molecular weight is 345 g/mol. The molecule has 0 aliphatic heterocycles. The van der Waals surface area contributed by atoms with Crippen molar-refractivity contribution in [2.45, 2.75) is 0 Å². The lowest BCUT2D eigenvalue weighted by Crippen LogP contribution is -2.11. The van der Waals surface area contributed by atoms with Gasteiger partial charge < -0.3 is 15.4 Å². The minimum atomic E-state index is 0.516. The van der Waals surface area contributed by atoms with Crippen molar-refractivity contribution in [3.8, 4) is 17.3 Å². The fourth-order valence-electron chi connectivity index (χ4n) is 2.43. The van der Waals surface area contributed by atoms with Crippen molar-refractivity contribution in [3.05, 3.63) is 66.2 Å². The van der Waals surface area contributed by atoms with Crippen LogP contribution in [-0.2, 0) is 4.74 Å². The number of aromatic nitrogens is 2. The Morgan fingerprint density at radius 1 is 1.04 bits per heavy atom. The Hall–Kier alpha value is -3.43. The quantitative estimate of drug-likeness (QED) is 0.634. The second-order valence-electron chi connectivity index (χ2n) is 5.57. The molecule has 0 bridgehead atoms. The van der Waals surface area contributed by atoms with E-state index in [0.29, 0.717) is 30.5 Å². The van der Waals surface area contributed by atoms with Gasteiger partial charge in [0.15, 0.2) is 0 Å². The first-order chi connectivity index (χ1) is 12.8. The molecule has 0 saturated heterocycles. The molecule has 26 heavy (non-hydrogen) atoms. The van der Waals surface area contributed by atoms with Gasteiger partial charge in [0.1, 0.15) is 5.82 Å². The van der Waals surface area contributed by atoms with E-state index in [4.69, 9.17) is 10.00 Å². The van der Waals surface area contributed by atoms with Crippen LogP contribution >= 0.6 is 0 Å². The van der Waals surface area contributed by atoms with Gasteiger partial charge in [-0.05, 0) is 18.2 Å². The van der Waals surface area contributed by atoms with Gasteiger partial charge >= 0.3 is 0 Å². The zero-order valence-corrected chi connectivity index (χ0v) is 14.4. The van der Waals surface area contributed by atoms with E-state index in [1.54, 1.807) is 19.2 Å². The Kier molecular flexibility index (Phi) is 5.76. The largest absolute Gasteiger partial charge is 0.383 e. The number of hydrogen-bond acceptors (Lipinski definition) is 6. The Balaban J connectivity index is 1.92. The van der Waals surface area contributed by atoms with Crippen molar-refractivity contribution >= 4 is 17.5 Å². The molecule has 6 heteroatoms. The molecule has 2 aromatic carbocycles. The number of benzene rings is 2. The highest BCUT2D eigenvalue weighted by molar-refractivity contribution is 5.67. The van der Waals surface area contributed by atoms with Gasteiger partial charge in [-0.15, -0.1) is 0 Å². The number of ether oxygens (including phenoxy) is 1. The zero-order valence-electron chi connectivity index (χ0n) is 14.4. The van der Waals surface area contributed by atoms with E-state index in [0.717, 1.165) is 16.9 Å². The van der Waals surface area contributed by atoms with Crippen LogP contribution in [0.15, 0.2) is 60.7 Å². The molecule has 3 rings (SSSR count). The lowest BCUT2D eigenvalue weighted by atomic mass is 10.1. The van der Waals surface area contributed by atoms with Gasteiger partial charge in [-0.25, -0.2) is 4.98 Å². The Morgan fingerprint density at radius 2 is 1.88 bits per heavy atom. The smallest absolute Gasteiger partial charge is 0.225 e. The first kappa shape index (κ1) is 17.4. The lowest BCUT2D eigenvalue weighted by Gasteiger charge is -2.11. The van der Waals surface area contributed by atoms with Gasteiger partial charge in [0.05, 0.1) is 23.9 Å². The topological polar surface area (TPSA) is 82.9 Å². The summed E-state index contributed by atoms with van der Waals surface area (Å²) in [6.07, 6.45) is 0. The fourth-order valence-corrected chi connectivity index (χ4v) is 2.43. The second-order valence-corrected chi connectivity index (χ2v) is 5.57. The maximum absolute atomic E-state index is 9.06. The van der Waals surface area contributed by atoms with Gasteiger partial charge in [0, 0.05) is 31.0 Å². The van der Waals surface area contributed by atoms with Gasteiger partial charge in [-0.2, -0.15) is 10.2 Å². The van der Waals surface area contributed by atoms with Crippen molar-refractivity contribution in [2.75, 3.05) is 30.9 Å². The molecule has 130 valence electrons. The van der Waals surface area contributed by atoms with E-state index in [1.807, 2.05) is 48.5 Å². The normalized spacial score (nSPS) is 10.2. The third-order valence-corrected chi connectivity index (χ3v) is 3.65. The van der Waals surface area contributed by atoms with Crippen molar-refractivity contribution in [1.82, 2.24) is 9.97 Å². The molecule has 0 unspecified atom stereocenters. The summed E-state index contributed by atoms with van der Waals surface area (Å²) in [5.41, 5.74) is 3.19. The molecule has 0 spiro atoms. The number of nitrogens with zero attached hydrogens (tertiary/aromatic N) is 3. The van der Waals surface area contributed by atoms with Crippen LogP contribution in [-0.4, -0.2) is 30.2 Å². The summed E-state index contributed by atoms with van der Waals surface area (Å²) < 4.78 is 5.07. The highest BCUT2D eigenvalue weighted by Crippen LogP contribution is 2.23. The van der Waals surface area contributed by atoms with E-state index in [9.17, 15) is 0 Å². The molecule has 0 amide bonds. The van der Waals surface area contributed by atoms with Gasteiger partial charge in [-0.3, -0.25) is 0 Å². The van der Waals surface area contributed by atoms with Crippen LogP contribution < -0.4 is 10.6 Å². The van der Waals surface area contributed by atoms with Crippen LogP contribution in [0.25, 0.3) is 11.3 Å². The van der Waals surface area contributed by atoms with Gasteiger partial charge in [0.2, 0.25) is 5.95 Å². The van der Waals surface area contributed by atoms with E-state index < -0.39 is 0 Å². The van der Waals surface area contributed by atoms with E-state index in [1.165, 1.54) is 0 Å². The SMILES string of the molecule is COCCNc1nc(Nc2cccc(C#N)c2)cc(-c2ccccc2)n1. The van der Waals surface area contributed by atoms with Crippen molar-refractivity contribution in [1.29, 1.82) is 5.26 Å². The summed E-state index contributed by atoms with van der Waals surface area (Å²) in [4.78, 5) is 9.09. The average Bonchev–Trinajstić information content (AvgIpc) is 2.69. The highest BCUT2D eigenvalue weighted by Gasteiger charge is 2.07. The molecular formula is C20H19N5O. The van der Waals surface area contributed by atoms with E-state index in [2.05, 4.69) is 26.7 Å². The second kappa shape index (κ2) is 8.60. The van der Waals surface area contributed by atoms with Crippen LogP contribution in [0.5, 0.6) is 0 Å². The van der Waals surface area contributed by atoms with Crippen molar-refractivity contribution < 1.29 is 4.74 Å². The minimum absolute atomic E-state index is 0.516. The summed E-state index contributed by atoms with van der Waals surface area (Å²) in [7, 11) is 1.65. The predicted molar refractivity (Wildman–Crippen MR) is 102 cm³/mol. The molecule has 6 nitrogen and oxygen atoms in total. The number of anilines is 3. The van der Waals surface area contributed by atoms with Gasteiger partial charge in [-0.1, -0.05) is 36.4 Å². The third-order valence-electron chi connectivity index (χ3n) is 3.65. The maximum atomic E-state index is 9.06. The van der Waals surface area contributed by atoms with Crippen LogP contribution in [0.3, 0.4) is 0 Å². The molecule has 1 aromatic heterocycles. The Morgan fingerprint density at radius 3 is 2.65 bits per heavy atom. The van der Waals surface area contributed by atoms with Gasteiger partial charge in [0.25, 0.3) is 0 Å². The molecule has 0 atom stereocenters. The fraction of sp³-hybridized carbons (Fsp3) is 0.150. The maximum Gasteiger partial charge on any atom is 0.225 e. The summed E-state index contributed by atoms with van der Waals surface area (Å²) in [6, 6.07) is 21.2. The van der Waals surface area contributed by atoms with Crippen LogP contribution in [0.2, 0.25) is 0 Å². The summed E-state index contributed by atoms with van der Waals surface area (Å²) in [5.74, 6) is 1.16. The van der Waals surface area contributed by atoms with Crippen LogP contribution in [0.4, 0.5) is 17.5 Å². The van der Waals surface area contributed by atoms with Crippen molar-refractivity contribution in [2.24, 2.45) is 0 Å². The first-order valence-corrected chi connectivity index (χ1v) is 8.23. The predicted octanol–water partition coefficient (Wildman–Crippen LogP) is 3.82. The van der Waals surface area contributed by atoms with Crippen LogP contribution in [0.1, 0.15) is 5.56 Å². The summed E-state index contributed by atoms with van der Waals surface area (Å²) in [6.45, 7) is 1.17.